The van der Waals surface area contributed by atoms with Crippen molar-refractivity contribution < 1.29 is 22.4 Å². The lowest BCUT2D eigenvalue weighted by Crippen LogP contribution is -2.75. The van der Waals surface area contributed by atoms with Crippen LogP contribution < -0.4 is 0 Å². The molecule has 2 spiro atoms. The molecule has 2 aromatic rings. The first-order valence-corrected chi connectivity index (χ1v) is 12.8. The van der Waals surface area contributed by atoms with E-state index in [0.717, 1.165) is 61.6 Å². The number of rotatable bonds is 4. The van der Waals surface area contributed by atoms with E-state index in [2.05, 4.69) is 25.1 Å². The Morgan fingerprint density at radius 3 is 2.31 bits per heavy atom. The highest BCUT2D eigenvalue weighted by Gasteiger charge is 2.59. The van der Waals surface area contributed by atoms with Crippen LogP contribution in [-0.4, -0.2) is 80.2 Å². The number of aromatic nitrogens is 4. The van der Waals surface area contributed by atoms with Gasteiger partial charge in [-0.3, -0.25) is 10.00 Å². The number of thiazole rings is 1. The van der Waals surface area contributed by atoms with Crippen LogP contribution in [-0.2, 0) is 18.4 Å². The van der Waals surface area contributed by atoms with Crippen LogP contribution in [0.15, 0.2) is 5.38 Å². The van der Waals surface area contributed by atoms with E-state index in [1.54, 1.807) is 0 Å². The Morgan fingerprint density at radius 2 is 1.71 bits per heavy atom. The fraction of sp³-hybridized carbons (Fsp3) is 0.727. The Bertz CT molecular complexity index is 1160. The monoisotopic (exact) mass is 511 g/mol. The van der Waals surface area contributed by atoms with Gasteiger partial charge < -0.3 is 9.80 Å². The van der Waals surface area contributed by atoms with Crippen LogP contribution >= 0.6 is 11.3 Å². The molecule has 2 aliphatic carbocycles. The standard InChI is InChI=1S/C22H25F4N7OS/c23-21(1-2-21)17-28-16(29-30-17)13-3-19(4-13)9-32(10-19)18(34)33-11-20(12-33)7-31(8-20)5-15-27-14(6-35-15)22(24,25)26/h6,13H,1-5,7-12H2,(H,28,29,30). The summed E-state index contributed by atoms with van der Waals surface area (Å²) in [4.78, 5) is 26.8. The normalized spacial score (nSPS) is 26.3. The second kappa shape index (κ2) is 6.93. The van der Waals surface area contributed by atoms with E-state index in [9.17, 15) is 22.4 Å². The summed E-state index contributed by atoms with van der Waals surface area (Å²) < 4.78 is 52.3. The molecule has 5 fully saturated rings. The number of carbonyl (C=O) groups is 1. The lowest BCUT2D eigenvalue weighted by atomic mass is 9.57. The highest BCUT2D eigenvalue weighted by molar-refractivity contribution is 7.09. The average Bonchev–Trinajstić information content (AvgIpc) is 3.10. The van der Waals surface area contributed by atoms with Crippen molar-refractivity contribution in [1.29, 1.82) is 0 Å². The van der Waals surface area contributed by atoms with Gasteiger partial charge in [-0.1, -0.05) is 0 Å². The first-order valence-electron chi connectivity index (χ1n) is 11.9. The lowest BCUT2D eigenvalue weighted by Gasteiger charge is -2.63. The molecule has 35 heavy (non-hydrogen) atoms. The number of alkyl halides is 4. The Labute approximate surface area is 202 Å². The van der Waals surface area contributed by atoms with Crippen molar-refractivity contribution >= 4 is 17.4 Å². The molecule has 7 rings (SSSR count). The molecule has 5 aliphatic rings. The molecule has 5 heterocycles. The molecule has 2 saturated carbocycles. The largest absolute Gasteiger partial charge is 0.434 e. The lowest BCUT2D eigenvalue weighted by molar-refractivity contribution is -0.141. The minimum atomic E-state index is -4.40. The van der Waals surface area contributed by atoms with Crippen molar-refractivity contribution in [2.45, 2.75) is 50.0 Å². The molecule has 1 N–H and O–H groups in total. The topological polar surface area (TPSA) is 81.2 Å². The Kier molecular flexibility index (Phi) is 4.35. The van der Waals surface area contributed by atoms with Crippen LogP contribution in [0.4, 0.5) is 22.4 Å². The van der Waals surface area contributed by atoms with E-state index in [4.69, 9.17) is 0 Å². The van der Waals surface area contributed by atoms with Crippen LogP contribution in [0.5, 0.6) is 0 Å². The van der Waals surface area contributed by atoms with E-state index >= 15 is 0 Å². The third-order valence-electron chi connectivity index (χ3n) is 8.30. The van der Waals surface area contributed by atoms with Gasteiger partial charge in [-0.05, 0) is 25.7 Å². The van der Waals surface area contributed by atoms with E-state index in [1.807, 2.05) is 9.80 Å². The molecule has 13 heteroatoms. The van der Waals surface area contributed by atoms with Gasteiger partial charge in [0.2, 0.25) is 0 Å². The van der Waals surface area contributed by atoms with Gasteiger partial charge >= 0.3 is 12.2 Å². The predicted molar refractivity (Wildman–Crippen MR) is 116 cm³/mol. The maximum absolute atomic E-state index is 14.1. The highest BCUT2D eigenvalue weighted by atomic mass is 32.1. The number of likely N-dealkylation sites (tertiary alicyclic amines) is 3. The number of halogens is 4. The second-order valence-corrected chi connectivity index (χ2v) is 12.3. The molecule has 0 bridgehead atoms. The number of nitrogens with one attached hydrogen (secondary N) is 1. The third kappa shape index (κ3) is 3.56. The zero-order chi connectivity index (χ0) is 24.2. The van der Waals surface area contributed by atoms with Crippen molar-refractivity contribution in [3.63, 3.8) is 0 Å². The van der Waals surface area contributed by atoms with Gasteiger partial charge in [0.25, 0.3) is 0 Å². The van der Waals surface area contributed by atoms with Crippen molar-refractivity contribution in [1.82, 2.24) is 34.9 Å². The molecule has 3 aliphatic heterocycles. The molecule has 0 atom stereocenters. The Hall–Kier alpha value is -2.28. The average molecular weight is 512 g/mol. The molecule has 0 aromatic carbocycles. The summed E-state index contributed by atoms with van der Waals surface area (Å²) >= 11 is 1.04. The van der Waals surface area contributed by atoms with Crippen LogP contribution in [0.1, 0.15) is 54.0 Å². The van der Waals surface area contributed by atoms with Gasteiger partial charge in [0.05, 0.1) is 6.54 Å². The third-order valence-corrected chi connectivity index (χ3v) is 9.14. The van der Waals surface area contributed by atoms with Crippen molar-refractivity contribution in [2.75, 3.05) is 39.3 Å². The highest BCUT2D eigenvalue weighted by Crippen LogP contribution is 2.56. The number of amides is 2. The molecule has 0 unspecified atom stereocenters. The van der Waals surface area contributed by atoms with Crippen molar-refractivity contribution in [3.05, 3.63) is 27.7 Å². The maximum Gasteiger partial charge on any atom is 0.434 e. The Morgan fingerprint density at radius 1 is 1.06 bits per heavy atom. The zero-order valence-electron chi connectivity index (χ0n) is 18.9. The molecule has 8 nitrogen and oxygen atoms in total. The van der Waals surface area contributed by atoms with Crippen LogP contribution in [0.3, 0.4) is 0 Å². The molecular formula is C22H25F4N7OS. The summed E-state index contributed by atoms with van der Waals surface area (Å²) in [5.74, 6) is 1.32. The number of urea groups is 1. The van der Waals surface area contributed by atoms with E-state index < -0.39 is 17.5 Å². The summed E-state index contributed by atoms with van der Waals surface area (Å²) in [6.07, 6.45) is -1.52. The molecule has 3 saturated heterocycles. The van der Waals surface area contributed by atoms with Gasteiger partial charge in [-0.25, -0.2) is 19.2 Å². The number of carbonyl (C=O) groups excluding carboxylic acids is 1. The summed E-state index contributed by atoms with van der Waals surface area (Å²) in [6, 6.07) is 0.0768. The summed E-state index contributed by atoms with van der Waals surface area (Å²) in [7, 11) is 0. The molecular weight excluding hydrogens is 486 g/mol. The predicted octanol–water partition coefficient (Wildman–Crippen LogP) is 3.36. The van der Waals surface area contributed by atoms with Crippen LogP contribution in [0.2, 0.25) is 0 Å². The van der Waals surface area contributed by atoms with Gasteiger partial charge in [0.1, 0.15) is 10.8 Å². The van der Waals surface area contributed by atoms with E-state index in [1.165, 1.54) is 0 Å². The zero-order valence-corrected chi connectivity index (χ0v) is 19.8. The first-order chi connectivity index (χ1) is 16.5. The second-order valence-electron chi connectivity index (χ2n) is 11.4. The van der Waals surface area contributed by atoms with Gasteiger partial charge in [-0.15, -0.1) is 11.3 Å². The smallest absolute Gasteiger partial charge is 0.323 e. The SMILES string of the molecule is O=C(N1CC2(CC(c3nc(C4(F)CC4)n[nH]3)C2)C1)N1CC2(CN(Cc3nc(C(F)(F)F)cs3)C2)C1. The molecule has 0 radical (unpaired) electrons. The number of H-pyrrole nitrogens is 1. The van der Waals surface area contributed by atoms with Gasteiger partial charge in [0.15, 0.2) is 17.2 Å². The number of nitrogens with zero attached hydrogens (tertiary/aromatic N) is 6. The molecule has 188 valence electrons. The van der Waals surface area contributed by atoms with Crippen LogP contribution in [0, 0.1) is 10.8 Å². The quantitative estimate of drug-likeness (QED) is 0.637. The Balaban J connectivity index is 0.845. The van der Waals surface area contributed by atoms with Gasteiger partial charge in [-0.2, -0.15) is 18.3 Å². The number of aromatic amines is 1. The van der Waals surface area contributed by atoms with E-state index in [0.29, 0.717) is 37.5 Å². The minimum absolute atomic E-state index is 0.0726. The van der Waals surface area contributed by atoms with E-state index in [-0.39, 0.29) is 28.6 Å². The van der Waals surface area contributed by atoms with Crippen LogP contribution in [0.25, 0.3) is 0 Å². The summed E-state index contributed by atoms with van der Waals surface area (Å²) in [5.41, 5.74) is -1.92. The number of hydrogen-bond acceptors (Lipinski definition) is 6. The fourth-order valence-electron chi connectivity index (χ4n) is 6.34. The fourth-order valence-corrected chi connectivity index (χ4v) is 7.19. The molecule has 2 amide bonds. The van der Waals surface area contributed by atoms with Gasteiger partial charge in [0, 0.05) is 61.4 Å². The van der Waals surface area contributed by atoms with Crippen molar-refractivity contribution in [2.24, 2.45) is 10.8 Å². The molecule has 2 aromatic heterocycles. The summed E-state index contributed by atoms with van der Waals surface area (Å²) in [6.45, 7) is 4.88. The van der Waals surface area contributed by atoms with Crippen molar-refractivity contribution in [3.8, 4) is 0 Å². The summed E-state index contributed by atoms with van der Waals surface area (Å²) in [5, 5.41) is 8.51. The number of hydrogen-bond donors (Lipinski definition) is 1. The minimum Gasteiger partial charge on any atom is -0.323 e. The maximum atomic E-state index is 14.1. The first kappa shape index (κ1) is 22.0.